The summed E-state index contributed by atoms with van der Waals surface area (Å²) in [6.45, 7) is 1.70. The summed E-state index contributed by atoms with van der Waals surface area (Å²) in [5.74, 6) is -0.317. The maximum atomic E-state index is 12.9. The van der Waals surface area contributed by atoms with Crippen molar-refractivity contribution in [2.45, 2.75) is 24.9 Å². The molecule has 0 spiro atoms. The van der Waals surface area contributed by atoms with Gasteiger partial charge in [0.05, 0.1) is 5.39 Å². The number of rotatable bonds is 3. The smallest absolute Gasteiger partial charge is 0.274 e. The van der Waals surface area contributed by atoms with Crippen LogP contribution in [0, 0.1) is 0 Å². The van der Waals surface area contributed by atoms with E-state index in [4.69, 9.17) is 0 Å². The molecule has 0 atom stereocenters. The van der Waals surface area contributed by atoms with Gasteiger partial charge in [-0.1, -0.05) is 18.2 Å². The molecule has 3 N–H and O–H groups in total. The molecule has 2 fully saturated rings. The Balaban J connectivity index is 1.26. The number of aromatic nitrogens is 2. The van der Waals surface area contributed by atoms with Gasteiger partial charge >= 0.3 is 0 Å². The maximum absolute atomic E-state index is 12.9. The SMILES string of the molecule is O=C(c1ccc(-c2ccc3c(c2)c(=O)[nH]n3O)cc1)N1CCN(C(=O)C2(O)CCC2)CC1. The fraction of sp³-hybridized carbons (Fsp3) is 0.348. The Bertz CT molecular complexity index is 1250. The van der Waals surface area contributed by atoms with E-state index < -0.39 is 5.60 Å². The van der Waals surface area contributed by atoms with E-state index in [2.05, 4.69) is 5.10 Å². The van der Waals surface area contributed by atoms with Gasteiger partial charge in [0.2, 0.25) is 0 Å². The number of H-pyrrole nitrogens is 1. The van der Waals surface area contributed by atoms with Crippen molar-refractivity contribution < 1.29 is 19.9 Å². The Morgan fingerprint density at radius 1 is 0.906 bits per heavy atom. The molecule has 1 aliphatic carbocycles. The summed E-state index contributed by atoms with van der Waals surface area (Å²) >= 11 is 0. The number of nitrogens with one attached hydrogen (secondary N) is 1. The third kappa shape index (κ3) is 3.34. The summed E-state index contributed by atoms with van der Waals surface area (Å²) < 4.78 is 0. The van der Waals surface area contributed by atoms with E-state index in [0.717, 1.165) is 17.5 Å². The third-order valence-corrected chi connectivity index (χ3v) is 6.57. The first kappa shape index (κ1) is 20.3. The molecule has 2 heterocycles. The lowest BCUT2D eigenvalue weighted by molar-refractivity contribution is -0.161. The largest absolute Gasteiger partial charge is 0.413 e. The van der Waals surface area contributed by atoms with Gasteiger partial charge in [0.1, 0.15) is 11.1 Å². The molecule has 0 radical (unpaired) electrons. The zero-order valence-corrected chi connectivity index (χ0v) is 17.5. The molecule has 166 valence electrons. The monoisotopic (exact) mass is 436 g/mol. The number of piperazine rings is 1. The minimum Gasteiger partial charge on any atom is -0.413 e. The Hall–Kier alpha value is -3.59. The molecule has 1 aromatic heterocycles. The first-order chi connectivity index (χ1) is 15.4. The molecular weight excluding hydrogens is 412 g/mol. The molecule has 1 aliphatic heterocycles. The van der Waals surface area contributed by atoms with Crippen LogP contribution in [0.25, 0.3) is 22.0 Å². The zero-order valence-electron chi connectivity index (χ0n) is 17.5. The van der Waals surface area contributed by atoms with Crippen molar-refractivity contribution in [3.63, 3.8) is 0 Å². The van der Waals surface area contributed by atoms with Gasteiger partial charge in [-0.25, -0.2) is 5.10 Å². The maximum Gasteiger partial charge on any atom is 0.274 e. The lowest BCUT2D eigenvalue weighted by Crippen LogP contribution is -2.58. The van der Waals surface area contributed by atoms with Crippen LogP contribution in [0.1, 0.15) is 29.6 Å². The van der Waals surface area contributed by atoms with Gasteiger partial charge in [-0.3, -0.25) is 14.4 Å². The Morgan fingerprint density at radius 2 is 1.53 bits per heavy atom. The van der Waals surface area contributed by atoms with Crippen molar-refractivity contribution in [3.8, 4) is 11.1 Å². The second-order valence-electron chi connectivity index (χ2n) is 8.53. The number of fused-ring (bicyclic) bond motifs is 1. The van der Waals surface area contributed by atoms with Crippen LogP contribution in [-0.4, -0.2) is 73.7 Å². The predicted molar refractivity (Wildman–Crippen MR) is 116 cm³/mol. The van der Waals surface area contributed by atoms with Crippen LogP contribution in [0.15, 0.2) is 47.3 Å². The van der Waals surface area contributed by atoms with Gasteiger partial charge in [0.15, 0.2) is 0 Å². The molecule has 1 saturated carbocycles. The van der Waals surface area contributed by atoms with Crippen LogP contribution in [0.2, 0.25) is 0 Å². The van der Waals surface area contributed by atoms with E-state index in [1.165, 1.54) is 0 Å². The van der Waals surface area contributed by atoms with E-state index in [0.29, 0.717) is 60.3 Å². The predicted octanol–water partition coefficient (Wildman–Crippen LogP) is 1.43. The Morgan fingerprint density at radius 3 is 2.16 bits per heavy atom. The normalized spacial score (nSPS) is 17.9. The van der Waals surface area contributed by atoms with Crippen molar-refractivity contribution in [1.29, 1.82) is 0 Å². The number of benzene rings is 2. The van der Waals surface area contributed by atoms with Gasteiger partial charge in [0, 0.05) is 31.7 Å². The number of nitrogens with zero attached hydrogens (tertiary/aromatic N) is 3. The zero-order chi connectivity index (χ0) is 22.5. The average Bonchev–Trinajstić information content (AvgIpc) is 3.09. The van der Waals surface area contributed by atoms with Crippen LogP contribution < -0.4 is 5.56 Å². The van der Waals surface area contributed by atoms with Crippen molar-refractivity contribution >= 4 is 22.7 Å². The third-order valence-electron chi connectivity index (χ3n) is 6.57. The summed E-state index contributed by atoms with van der Waals surface area (Å²) in [4.78, 5) is 41.4. The molecule has 5 rings (SSSR count). The van der Waals surface area contributed by atoms with Gasteiger partial charge in [0.25, 0.3) is 17.4 Å². The second kappa shape index (κ2) is 7.52. The molecule has 9 nitrogen and oxygen atoms in total. The van der Waals surface area contributed by atoms with E-state index in [-0.39, 0.29) is 17.4 Å². The van der Waals surface area contributed by atoms with Crippen LogP contribution in [0.5, 0.6) is 0 Å². The van der Waals surface area contributed by atoms with Gasteiger partial charge < -0.3 is 20.1 Å². The first-order valence-corrected chi connectivity index (χ1v) is 10.7. The number of carbonyl (C=O) groups is 2. The van der Waals surface area contributed by atoms with Crippen molar-refractivity contribution in [1.82, 2.24) is 19.7 Å². The molecule has 1 saturated heterocycles. The second-order valence-corrected chi connectivity index (χ2v) is 8.53. The van der Waals surface area contributed by atoms with Gasteiger partial charge in [-0.15, -0.1) is 4.85 Å². The summed E-state index contributed by atoms with van der Waals surface area (Å²) in [5, 5.41) is 22.6. The summed E-state index contributed by atoms with van der Waals surface area (Å²) in [6.07, 6.45) is 1.91. The fourth-order valence-electron chi connectivity index (χ4n) is 4.42. The lowest BCUT2D eigenvalue weighted by Gasteiger charge is -2.42. The molecule has 32 heavy (non-hydrogen) atoms. The van der Waals surface area contributed by atoms with Crippen molar-refractivity contribution in [2.24, 2.45) is 0 Å². The minimum atomic E-state index is -1.20. The molecule has 2 amide bonds. The summed E-state index contributed by atoms with van der Waals surface area (Å²) in [5.41, 5.74) is 1.01. The van der Waals surface area contributed by atoms with E-state index in [1.807, 2.05) is 12.1 Å². The molecule has 0 bridgehead atoms. The highest BCUT2D eigenvalue weighted by molar-refractivity contribution is 5.95. The minimum absolute atomic E-state index is 0.102. The standard InChI is InChI=1S/C23H24N4O5/c28-20-18-14-17(6-7-19(18)27(32)24-20)15-2-4-16(5-3-15)21(29)25-10-12-26(13-11-25)22(30)23(31)8-1-9-23/h2-7,14,31-32H,1,8-13H2,(H,24,28). The molecule has 9 heteroatoms. The lowest BCUT2D eigenvalue weighted by atomic mass is 9.79. The van der Waals surface area contributed by atoms with Gasteiger partial charge in [-0.05, 0) is 54.7 Å². The van der Waals surface area contributed by atoms with Gasteiger partial charge in [-0.2, -0.15) is 0 Å². The highest BCUT2D eigenvalue weighted by Gasteiger charge is 2.45. The van der Waals surface area contributed by atoms with E-state index in [9.17, 15) is 24.7 Å². The van der Waals surface area contributed by atoms with Crippen molar-refractivity contribution in [3.05, 3.63) is 58.4 Å². The molecule has 2 aromatic carbocycles. The fourth-order valence-corrected chi connectivity index (χ4v) is 4.42. The summed E-state index contributed by atoms with van der Waals surface area (Å²) in [7, 11) is 0. The Labute approximate surface area is 183 Å². The molecule has 2 aliphatic rings. The average molecular weight is 436 g/mol. The van der Waals surface area contributed by atoms with E-state index >= 15 is 0 Å². The molecule has 0 unspecified atom stereocenters. The Kier molecular flexibility index (Phi) is 4.78. The van der Waals surface area contributed by atoms with Crippen LogP contribution in [0.3, 0.4) is 0 Å². The molecular formula is C23H24N4O5. The topological polar surface area (TPSA) is 119 Å². The van der Waals surface area contributed by atoms with E-state index in [1.54, 1.807) is 40.1 Å². The highest BCUT2D eigenvalue weighted by atomic mass is 16.5. The first-order valence-electron chi connectivity index (χ1n) is 10.7. The van der Waals surface area contributed by atoms with Crippen LogP contribution >= 0.6 is 0 Å². The highest BCUT2D eigenvalue weighted by Crippen LogP contribution is 2.33. The number of amides is 2. The number of carbonyl (C=O) groups excluding carboxylic acids is 2. The van der Waals surface area contributed by atoms with Crippen molar-refractivity contribution in [2.75, 3.05) is 26.2 Å². The molecule has 3 aromatic rings. The van der Waals surface area contributed by atoms with Crippen LogP contribution in [-0.2, 0) is 4.79 Å². The number of aliphatic hydroxyl groups is 1. The van der Waals surface area contributed by atoms with Crippen LogP contribution in [0.4, 0.5) is 0 Å². The number of aromatic amines is 1. The number of hydrogen-bond donors (Lipinski definition) is 3. The summed E-state index contributed by atoms with van der Waals surface area (Å²) in [6, 6.07) is 12.3. The number of hydrogen-bond acceptors (Lipinski definition) is 5. The quantitative estimate of drug-likeness (QED) is 0.537.